The van der Waals surface area contributed by atoms with Crippen LogP contribution in [0, 0.1) is 0 Å². The lowest BCUT2D eigenvalue weighted by atomic mass is 10.2. The minimum absolute atomic E-state index is 0.403. The zero-order valence-corrected chi connectivity index (χ0v) is 8.32. The van der Waals surface area contributed by atoms with E-state index in [4.69, 9.17) is 22.5 Å². The van der Waals surface area contributed by atoms with Gasteiger partial charge in [-0.05, 0) is 18.2 Å². The van der Waals surface area contributed by atoms with Crippen molar-refractivity contribution in [2.45, 2.75) is 0 Å². The number of anilines is 1. The van der Waals surface area contributed by atoms with Crippen LogP contribution >= 0.6 is 11.6 Å². The highest BCUT2D eigenvalue weighted by Gasteiger charge is 2.11. The van der Waals surface area contributed by atoms with Crippen LogP contribution in [0.25, 0.3) is 10.9 Å². The SMILES string of the molecule is NC(=O)n1cc(NO)c2ccc(Cl)cc21. The first-order valence-electron chi connectivity index (χ1n) is 4.14. The Morgan fingerprint density at radius 2 is 2.27 bits per heavy atom. The Morgan fingerprint density at radius 3 is 2.87 bits per heavy atom. The smallest absolute Gasteiger partial charge is 0.323 e. The number of primary amides is 1. The van der Waals surface area contributed by atoms with Crippen LogP contribution in [-0.2, 0) is 0 Å². The van der Waals surface area contributed by atoms with Crippen LogP contribution in [-0.4, -0.2) is 15.8 Å². The number of nitrogens with one attached hydrogen (secondary N) is 1. The van der Waals surface area contributed by atoms with Crippen molar-refractivity contribution >= 4 is 34.2 Å². The molecule has 4 N–H and O–H groups in total. The third kappa shape index (κ3) is 1.51. The first kappa shape index (κ1) is 9.82. The van der Waals surface area contributed by atoms with Gasteiger partial charge in [-0.1, -0.05) is 11.6 Å². The van der Waals surface area contributed by atoms with Gasteiger partial charge in [0, 0.05) is 16.6 Å². The monoisotopic (exact) mass is 225 g/mol. The summed E-state index contributed by atoms with van der Waals surface area (Å²) in [5, 5.41) is 10.0. The molecule has 0 fully saturated rings. The first-order valence-corrected chi connectivity index (χ1v) is 4.52. The van der Waals surface area contributed by atoms with E-state index in [-0.39, 0.29) is 0 Å². The number of hydrogen-bond acceptors (Lipinski definition) is 3. The largest absolute Gasteiger partial charge is 0.351 e. The van der Waals surface area contributed by atoms with Crippen molar-refractivity contribution in [3.05, 3.63) is 29.4 Å². The fraction of sp³-hybridized carbons (Fsp3) is 0. The van der Waals surface area contributed by atoms with E-state index in [0.29, 0.717) is 21.6 Å². The fourth-order valence-electron chi connectivity index (χ4n) is 1.47. The number of nitrogens with zero attached hydrogens (tertiary/aromatic N) is 1. The molecule has 0 bridgehead atoms. The predicted molar refractivity (Wildman–Crippen MR) is 57.3 cm³/mol. The molecule has 1 aromatic carbocycles. The second-order valence-corrected chi connectivity index (χ2v) is 3.46. The summed E-state index contributed by atoms with van der Waals surface area (Å²) in [6.45, 7) is 0. The van der Waals surface area contributed by atoms with Crippen LogP contribution in [0.3, 0.4) is 0 Å². The van der Waals surface area contributed by atoms with Crippen LogP contribution in [0.15, 0.2) is 24.4 Å². The Bertz CT molecular complexity index is 535. The molecule has 78 valence electrons. The number of benzene rings is 1. The number of carbonyl (C=O) groups is 1. The van der Waals surface area contributed by atoms with Crippen LogP contribution in [0.1, 0.15) is 0 Å². The molecule has 0 atom stereocenters. The maximum atomic E-state index is 11.1. The summed E-state index contributed by atoms with van der Waals surface area (Å²) in [5.41, 5.74) is 8.11. The van der Waals surface area contributed by atoms with Crippen LogP contribution < -0.4 is 11.2 Å². The highest BCUT2D eigenvalue weighted by Crippen LogP contribution is 2.27. The molecule has 0 unspecified atom stereocenters. The average Bonchev–Trinajstić information content (AvgIpc) is 2.55. The number of aromatic nitrogens is 1. The number of fused-ring (bicyclic) bond motifs is 1. The van der Waals surface area contributed by atoms with Gasteiger partial charge in [-0.25, -0.2) is 4.79 Å². The Kier molecular flexibility index (Phi) is 2.26. The van der Waals surface area contributed by atoms with Gasteiger partial charge < -0.3 is 5.73 Å². The minimum atomic E-state index is -0.635. The normalized spacial score (nSPS) is 10.5. The second-order valence-electron chi connectivity index (χ2n) is 3.02. The number of nitrogens with two attached hydrogens (primary N) is 1. The molecule has 0 radical (unpaired) electrons. The predicted octanol–water partition coefficient (Wildman–Crippen LogP) is 2.02. The third-order valence-corrected chi connectivity index (χ3v) is 2.36. The average molecular weight is 226 g/mol. The molecule has 0 aliphatic heterocycles. The molecule has 15 heavy (non-hydrogen) atoms. The Morgan fingerprint density at radius 1 is 1.53 bits per heavy atom. The van der Waals surface area contributed by atoms with Gasteiger partial charge in [0.1, 0.15) is 0 Å². The zero-order valence-electron chi connectivity index (χ0n) is 7.57. The Balaban J connectivity index is 2.81. The van der Waals surface area contributed by atoms with E-state index in [9.17, 15) is 4.79 Å². The minimum Gasteiger partial charge on any atom is -0.351 e. The molecule has 2 aromatic rings. The van der Waals surface area contributed by atoms with Crippen LogP contribution in [0.4, 0.5) is 10.5 Å². The van der Waals surface area contributed by atoms with E-state index in [0.717, 1.165) is 0 Å². The molecule has 0 saturated heterocycles. The summed E-state index contributed by atoms with van der Waals surface area (Å²) < 4.78 is 1.21. The zero-order chi connectivity index (χ0) is 11.0. The summed E-state index contributed by atoms with van der Waals surface area (Å²) in [7, 11) is 0. The highest BCUT2D eigenvalue weighted by atomic mass is 35.5. The van der Waals surface area contributed by atoms with E-state index >= 15 is 0 Å². The van der Waals surface area contributed by atoms with Gasteiger partial charge in [0.2, 0.25) is 0 Å². The molecule has 6 heteroatoms. The molecule has 1 heterocycles. The van der Waals surface area contributed by atoms with E-state index in [1.54, 1.807) is 18.2 Å². The van der Waals surface area contributed by atoms with Crippen molar-refractivity contribution in [1.82, 2.24) is 4.57 Å². The van der Waals surface area contributed by atoms with Gasteiger partial charge in [-0.3, -0.25) is 15.3 Å². The third-order valence-electron chi connectivity index (χ3n) is 2.13. The highest BCUT2D eigenvalue weighted by molar-refractivity contribution is 6.31. The van der Waals surface area contributed by atoms with Crippen molar-refractivity contribution < 1.29 is 10.0 Å². The molecular weight excluding hydrogens is 218 g/mol. The van der Waals surface area contributed by atoms with Crippen molar-refractivity contribution in [2.75, 3.05) is 5.48 Å². The summed E-state index contributed by atoms with van der Waals surface area (Å²) >= 11 is 5.80. The molecule has 1 aromatic heterocycles. The van der Waals surface area contributed by atoms with Gasteiger partial charge in [-0.2, -0.15) is 0 Å². The standard InChI is InChI=1S/C9H8ClN3O2/c10-5-1-2-6-7(12-15)4-13(9(11)14)8(6)3-5/h1-4,12,15H,(H2,11,14). The van der Waals surface area contributed by atoms with Crippen LogP contribution in [0.2, 0.25) is 5.02 Å². The van der Waals surface area contributed by atoms with E-state index in [1.807, 2.05) is 5.48 Å². The molecule has 1 amide bonds. The van der Waals surface area contributed by atoms with E-state index in [2.05, 4.69) is 0 Å². The van der Waals surface area contributed by atoms with Crippen molar-refractivity contribution in [2.24, 2.45) is 5.73 Å². The molecule has 2 rings (SSSR count). The summed E-state index contributed by atoms with van der Waals surface area (Å²) in [5.74, 6) is 0. The van der Waals surface area contributed by atoms with Gasteiger partial charge in [0.15, 0.2) is 0 Å². The maximum Gasteiger partial charge on any atom is 0.323 e. The summed E-state index contributed by atoms with van der Waals surface area (Å²) in [6, 6.07) is 4.32. The first-order chi connectivity index (χ1) is 7.13. The topological polar surface area (TPSA) is 80.3 Å². The number of amides is 1. The van der Waals surface area contributed by atoms with Gasteiger partial charge in [0.25, 0.3) is 0 Å². The van der Waals surface area contributed by atoms with E-state index in [1.165, 1.54) is 10.8 Å². The lowest BCUT2D eigenvalue weighted by Gasteiger charge is -1.98. The molecule has 5 nitrogen and oxygen atoms in total. The molecule has 0 aliphatic carbocycles. The number of rotatable bonds is 1. The Hall–Kier alpha value is -1.72. The molecular formula is C9H8ClN3O2. The summed E-state index contributed by atoms with van der Waals surface area (Å²) in [4.78, 5) is 11.1. The fourth-order valence-corrected chi connectivity index (χ4v) is 1.64. The number of carbonyl (C=O) groups excluding carboxylic acids is 1. The van der Waals surface area contributed by atoms with Crippen molar-refractivity contribution in [3.63, 3.8) is 0 Å². The molecule has 0 aliphatic rings. The second kappa shape index (κ2) is 3.45. The summed E-state index contributed by atoms with van der Waals surface area (Å²) in [6.07, 6.45) is 1.41. The van der Waals surface area contributed by atoms with Crippen molar-refractivity contribution in [3.8, 4) is 0 Å². The van der Waals surface area contributed by atoms with Gasteiger partial charge >= 0.3 is 6.03 Å². The van der Waals surface area contributed by atoms with Crippen LogP contribution in [0.5, 0.6) is 0 Å². The van der Waals surface area contributed by atoms with Crippen molar-refractivity contribution in [1.29, 1.82) is 0 Å². The van der Waals surface area contributed by atoms with Gasteiger partial charge in [0.05, 0.1) is 11.2 Å². The Labute approximate surface area is 90.0 Å². The van der Waals surface area contributed by atoms with E-state index < -0.39 is 6.03 Å². The lowest BCUT2D eigenvalue weighted by molar-refractivity contribution is 0.251. The molecule has 0 spiro atoms. The molecule has 0 saturated carbocycles. The number of hydrogen-bond donors (Lipinski definition) is 3. The van der Waals surface area contributed by atoms with Gasteiger partial charge in [-0.15, -0.1) is 0 Å². The maximum absolute atomic E-state index is 11.1. The lowest BCUT2D eigenvalue weighted by Crippen LogP contribution is -2.18. The quantitative estimate of drug-likeness (QED) is 0.650. The number of halogens is 1.